The fourth-order valence-electron chi connectivity index (χ4n) is 2.59. The van der Waals surface area contributed by atoms with Gasteiger partial charge in [0, 0.05) is 43.4 Å². The van der Waals surface area contributed by atoms with Gasteiger partial charge in [0.2, 0.25) is 0 Å². The van der Waals surface area contributed by atoms with Crippen LogP contribution in [0.25, 0.3) is 0 Å². The van der Waals surface area contributed by atoms with Crippen molar-refractivity contribution in [1.82, 2.24) is 5.32 Å². The number of hydrogen-bond donors (Lipinski definition) is 1. The van der Waals surface area contributed by atoms with Gasteiger partial charge >= 0.3 is 0 Å². The Morgan fingerprint density at radius 3 is 3.10 bits per heavy atom. The molecule has 1 aromatic rings. The van der Waals surface area contributed by atoms with E-state index in [9.17, 15) is 0 Å². The number of ether oxygens (including phenoxy) is 2. The summed E-state index contributed by atoms with van der Waals surface area (Å²) in [5.74, 6) is 0. The summed E-state index contributed by atoms with van der Waals surface area (Å²) in [6.07, 6.45) is 1.41. The molecule has 1 aliphatic heterocycles. The Balaban J connectivity index is 2.06. The molecule has 1 aromatic carbocycles. The van der Waals surface area contributed by atoms with E-state index in [2.05, 4.69) is 51.3 Å². The topological polar surface area (TPSA) is 33.7 Å². The molecule has 1 N–H and O–H groups in total. The zero-order chi connectivity index (χ0) is 15.1. The van der Waals surface area contributed by atoms with Crippen molar-refractivity contribution < 1.29 is 9.47 Å². The van der Waals surface area contributed by atoms with Crippen molar-refractivity contribution in [2.75, 3.05) is 44.9 Å². The summed E-state index contributed by atoms with van der Waals surface area (Å²) in [7, 11) is 1.73. The van der Waals surface area contributed by atoms with E-state index in [1.165, 1.54) is 11.3 Å². The first kappa shape index (κ1) is 16.7. The molecule has 0 amide bonds. The highest BCUT2D eigenvalue weighted by Crippen LogP contribution is 2.26. The van der Waals surface area contributed by atoms with E-state index in [0.29, 0.717) is 6.10 Å². The van der Waals surface area contributed by atoms with Gasteiger partial charge < -0.3 is 19.7 Å². The van der Waals surface area contributed by atoms with Gasteiger partial charge in [0.1, 0.15) is 0 Å². The zero-order valence-corrected chi connectivity index (χ0v) is 14.5. The summed E-state index contributed by atoms with van der Waals surface area (Å²) in [6, 6.07) is 6.52. The molecule has 0 aliphatic carbocycles. The minimum atomic E-state index is 0.344. The summed E-state index contributed by atoms with van der Waals surface area (Å²) in [6.45, 7) is 7.38. The number of methoxy groups -OCH3 is 1. The molecule has 1 unspecified atom stereocenters. The molecule has 0 aromatic heterocycles. The first-order chi connectivity index (χ1) is 10.2. The van der Waals surface area contributed by atoms with Gasteiger partial charge in [-0.1, -0.05) is 22.9 Å². The molecule has 1 saturated heterocycles. The second-order valence-electron chi connectivity index (χ2n) is 5.29. The molecule has 0 spiro atoms. The van der Waals surface area contributed by atoms with Gasteiger partial charge in [-0.3, -0.25) is 0 Å². The lowest BCUT2D eigenvalue weighted by Gasteiger charge is -2.35. The van der Waals surface area contributed by atoms with Crippen molar-refractivity contribution in [2.45, 2.75) is 26.0 Å². The molecule has 1 aliphatic rings. The Morgan fingerprint density at radius 1 is 1.48 bits per heavy atom. The molecule has 21 heavy (non-hydrogen) atoms. The van der Waals surface area contributed by atoms with Crippen LogP contribution in [-0.2, 0) is 16.0 Å². The molecule has 0 radical (unpaired) electrons. The van der Waals surface area contributed by atoms with Crippen molar-refractivity contribution in [3.8, 4) is 0 Å². The monoisotopic (exact) mass is 356 g/mol. The first-order valence-corrected chi connectivity index (χ1v) is 8.38. The van der Waals surface area contributed by atoms with E-state index in [1.807, 2.05) is 0 Å². The normalized spacial score (nSPS) is 19.0. The Hall–Kier alpha value is -0.620. The van der Waals surface area contributed by atoms with Crippen LogP contribution in [0, 0.1) is 0 Å². The molecular formula is C16H25BrN2O2. The smallest absolute Gasteiger partial charge is 0.0748 e. The lowest BCUT2D eigenvalue weighted by atomic mass is 10.1. The number of hydrogen-bond acceptors (Lipinski definition) is 4. The number of nitrogens with zero attached hydrogens (tertiary/aromatic N) is 1. The van der Waals surface area contributed by atoms with Gasteiger partial charge in [-0.2, -0.15) is 0 Å². The Kier molecular flexibility index (Phi) is 6.96. The lowest BCUT2D eigenvalue weighted by molar-refractivity contribution is 0.0384. The van der Waals surface area contributed by atoms with Crippen LogP contribution in [0.4, 0.5) is 5.69 Å². The van der Waals surface area contributed by atoms with Crippen LogP contribution in [0.5, 0.6) is 0 Å². The summed E-state index contributed by atoms with van der Waals surface area (Å²) >= 11 is 3.57. The number of benzene rings is 1. The summed E-state index contributed by atoms with van der Waals surface area (Å²) in [4.78, 5) is 2.44. The first-order valence-electron chi connectivity index (χ1n) is 7.59. The highest BCUT2D eigenvalue weighted by Gasteiger charge is 2.21. The number of morpholine rings is 1. The molecule has 5 heteroatoms. The van der Waals surface area contributed by atoms with Crippen LogP contribution in [0.2, 0.25) is 0 Å². The van der Waals surface area contributed by atoms with Crippen LogP contribution in [0.3, 0.4) is 0 Å². The molecule has 4 nitrogen and oxygen atoms in total. The average Bonchev–Trinajstić information content (AvgIpc) is 2.52. The van der Waals surface area contributed by atoms with Gasteiger partial charge in [-0.25, -0.2) is 0 Å². The number of rotatable bonds is 7. The van der Waals surface area contributed by atoms with E-state index in [0.717, 1.165) is 50.3 Å². The molecule has 1 heterocycles. The number of nitrogens with one attached hydrogen (secondary N) is 1. The second-order valence-corrected chi connectivity index (χ2v) is 6.21. The minimum Gasteiger partial charge on any atom is -0.383 e. The Morgan fingerprint density at radius 2 is 2.33 bits per heavy atom. The standard InChI is InChI=1S/C16H25BrN2O2/c1-3-15-12-19(7-9-21-15)16-5-4-14(17)10-13(16)11-18-6-8-20-2/h4-5,10,15,18H,3,6-9,11-12H2,1-2H3. The summed E-state index contributed by atoms with van der Waals surface area (Å²) in [5.41, 5.74) is 2.63. The van der Waals surface area contributed by atoms with Crippen LogP contribution < -0.4 is 10.2 Å². The third-order valence-electron chi connectivity index (χ3n) is 3.77. The van der Waals surface area contributed by atoms with Gasteiger partial charge in [0.05, 0.1) is 19.3 Å². The van der Waals surface area contributed by atoms with Gasteiger partial charge in [0.15, 0.2) is 0 Å². The maximum absolute atomic E-state index is 5.77. The number of halogens is 1. The summed E-state index contributed by atoms with van der Waals surface area (Å²) in [5, 5.41) is 3.43. The SMILES string of the molecule is CCC1CN(c2ccc(Br)cc2CNCCOC)CCO1. The van der Waals surface area contributed by atoms with Crippen molar-refractivity contribution in [3.63, 3.8) is 0 Å². The maximum atomic E-state index is 5.77. The Labute approximate surface area is 135 Å². The molecule has 0 bridgehead atoms. The molecule has 0 saturated carbocycles. The van der Waals surface area contributed by atoms with Crippen LogP contribution in [-0.4, -0.2) is 46.1 Å². The van der Waals surface area contributed by atoms with Crippen LogP contribution in [0.15, 0.2) is 22.7 Å². The molecule has 1 atom stereocenters. The average molecular weight is 357 g/mol. The van der Waals surface area contributed by atoms with E-state index in [-0.39, 0.29) is 0 Å². The van der Waals surface area contributed by atoms with E-state index >= 15 is 0 Å². The predicted molar refractivity (Wildman–Crippen MR) is 90.0 cm³/mol. The fourth-order valence-corrected chi connectivity index (χ4v) is 3.00. The van der Waals surface area contributed by atoms with E-state index < -0.39 is 0 Å². The molecular weight excluding hydrogens is 332 g/mol. The van der Waals surface area contributed by atoms with Gasteiger partial charge in [-0.15, -0.1) is 0 Å². The quantitative estimate of drug-likeness (QED) is 0.761. The lowest BCUT2D eigenvalue weighted by Crippen LogP contribution is -2.42. The van der Waals surface area contributed by atoms with E-state index in [1.54, 1.807) is 7.11 Å². The highest BCUT2D eigenvalue weighted by molar-refractivity contribution is 9.10. The molecule has 2 rings (SSSR count). The van der Waals surface area contributed by atoms with Crippen molar-refractivity contribution in [3.05, 3.63) is 28.2 Å². The van der Waals surface area contributed by atoms with Crippen molar-refractivity contribution in [2.24, 2.45) is 0 Å². The molecule has 118 valence electrons. The predicted octanol–water partition coefficient (Wildman–Crippen LogP) is 2.80. The van der Waals surface area contributed by atoms with Crippen LogP contribution in [0.1, 0.15) is 18.9 Å². The summed E-state index contributed by atoms with van der Waals surface area (Å²) < 4.78 is 12.0. The van der Waals surface area contributed by atoms with Crippen molar-refractivity contribution >= 4 is 21.6 Å². The number of anilines is 1. The Bertz CT molecular complexity index is 442. The minimum absolute atomic E-state index is 0.344. The highest BCUT2D eigenvalue weighted by atomic mass is 79.9. The van der Waals surface area contributed by atoms with Gasteiger partial charge in [-0.05, 0) is 30.2 Å². The third kappa shape index (κ3) is 4.95. The third-order valence-corrected chi connectivity index (χ3v) is 4.27. The molecule has 1 fully saturated rings. The maximum Gasteiger partial charge on any atom is 0.0748 e. The largest absolute Gasteiger partial charge is 0.383 e. The van der Waals surface area contributed by atoms with Crippen molar-refractivity contribution in [1.29, 1.82) is 0 Å². The zero-order valence-electron chi connectivity index (χ0n) is 12.9. The van der Waals surface area contributed by atoms with Crippen LogP contribution >= 0.6 is 15.9 Å². The van der Waals surface area contributed by atoms with E-state index in [4.69, 9.17) is 9.47 Å². The van der Waals surface area contributed by atoms with Gasteiger partial charge in [0.25, 0.3) is 0 Å². The fraction of sp³-hybridized carbons (Fsp3) is 0.625. The second kappa shape index (κ2) is 8.73.